The van der Waals surface area contributed by atoms with Crippen molar-refractivity contribution in [2.24, 2.45) is 5.41 Å². The number of nitrogens with one attached hydrogen (secondary N) is 3. The van der Waals surface area contributed by atoms with E-state index in [1.807, 2.05) is 24.3 Å². The van der Waals surface area contributed by atoms with Crippen molar-refractivity contribution in [3.63, 3.8) is 0 Å². The van der Waals surface area contributed by atoms with Gasteiger partial charge in [-0.15, -0.1) is 0 Å². The van der Waals surface area contributed by atoms with Crippen molar-refractivity contribution in [2.75, 3.05) is 16.0 Å². The van der Waals surface area contributed by atoms with E-state index in [0.717, 1.165) is 11.3 Å². The van der Waals surface area contributed by atoms with Crippen molar-refractivity contribution >= 4 is 28.9 Å². The van der Waals surface area contributed by atoms with Gasteiger partial charge in [-0.3, -0.25) is 9.59 Å². The molecule has 190 valence electrons. The standard InChI is InChI=1S/C29H23FN4O4/c30-19-5-7-20(8-6-19)33-27(35)29(14-15-29)28(36)34-21-9-11-22(12-10-21)37-24-13-16-31-26-25(24)32-17-18-3-1-2-4-23(18)38-26/h1-13,16,32H,14-15,17H2,(H,33,35)(H,34,36). The average molecular weight is 511 g/mol. The van der Waals surface area contributed by atoms with Crippen molar-refractivity contribution in [1.82, 2.24) is 4.98 Å². The maximum absolute atomic E-state index is 13.1. The van der Waals surface area contributed by atoms with Crippen LogP contribution in [0.2, 0.25) is 0 Å². The third-order valence-electron chi connectivity index (χ3n) is 6.57. The van der Waals surface area contributed by atoms with Crippen molar-refractivity contribution in [3.8, 4) is 23.1 Å². The summed E-state index contributed by atoms with van der Waals surface area (Å²) in [4.78, 5) is 30.1. The van der Waals surface area contributed by atoms with Gasteiger partial charge in [0.2, 0.25) is 17.7 Å². The molecule has 1 fully saturated rings. The first kappa shape index (κ1) is 23.5. The molecule has 1 aromatic heterocycles. The number of pyridine rings is 1. The summed E-state index contributed by atoms with van der Waals surface area (Å²) in [6.45, 7) is 0.562. The number of carbonyl (C=O) groups is 2. The number of rotatable bonds is 6. The van der Waals surface area contributed by atoms with E-state index < -0.39 is 17.1 Å². The minimum absolute atomic E-state index is 0.383. The molecule has 6 rings (SSSR count). The molecule has 0 spiro atoms. The number of halogens is 1. The minimum Gasteiger partial charge on any atom is -0.455 e. The molecular weight excluding hydrogens is 487 g/mol. The number of aromatic nitrogens is 1. The lowest BCUT2D eigenvalue weighted by atomic mass is 10.0. The van der Waals surface area contributed by atoms with Gasteiger partial charge in [-0.25, -0.2) is 9.37 Å². The van der Waals surface area contributed by atoms with Crippen LogP contribution in [0, 0.1) is 11.2 Å². The number of carbonyl (C=O) groups excluding carboxylic acids is 2. The monoisotopic (exact) mass is 510 g/mol. The Bertz CT molecular complexity index is 1520. The van der Waals surface area contributed by atoms with E-state index in [9.17, 15) is 14.0 Å². The van der Waals surface area contributed by atoms with Gasteiger partial charge in [0.05, 0.1) is 0 Å². The zero-order chi connectivity index (χ0) is 26.1. The Morgan fingerprint density at radius 3 is 2.24 bits per heavy atom. The predicted molar refractivity (Wildman–Crippen MR) is 140 cm³/mol. The highest BCUT2D eigenvalue weighted by atomic mass is 19.1. The quantitative estimate of drug-likeness (QED) is 0.272. The third-order valence-corrected chi connectivity index (χ3v) is 6.57. The summed E-state index contributed by atoms with van der Waals surface area (Å²) in [6, 6.07) is 21.8. The molecule has 2 amide bonds. The number of anilines is 3. The first-order chi connectivity index (χ1) is 18.5. The summed E-state index contributed by atoms with van der Waals surface area (Å²) >= 11 is 0. The molecule has 2 aliphatic rings. The van der Waals surface area contributed by atoms with Crippen molar-refractivity contribution in [3.05, 3.63) is 96.4 Å². The Balaban J connectivity index is 1.11. The number of fused-ring (bicyclic) bond motifs is 2. The van der Waals surface area contributed by atoms with Gasteiger partial charge < -0.3 is 25.4 Å². The van der Waals surface area contributed by atoms with E-state index in [1.165, 1.54) is 24.3 Å². The van der Waals surface area contributed by atoms with E-state index in [4.69, 9.17) is 9.47 Å². The van der Waals surface area contributed by atoms with Crippen molar-refractivity contribution < 1.29 is 23.5 Å². The molecule has 1 saturated carbocycles. The maximum Gasteiger partial charge on any atom is 0.246 e. The van der Waals surface area contributed by atoms with E-state index >= 15 is 0 Å². The Labute approximate surface area is 217 Å². The minimum atomic E-state index is -1.14. The number of ether oxygens (including phenoxy) is 2. The Kier molecular flexibility index (Phi) is 5.88. The van der Waals surface area contributed by atoms with Crippen LogP contribution in [0.25, 0.3) is 0 Å². The lowest BCUT2D eigenvalue weighted by Crippen LogP contribution is -2.35. The molecule has 1 aliphatic carbocycles. The van der Waals surface area contributed by atoms with Crippen LogP contribution >= 0.6 is 0 Å². The highest BCUT2D eigenvalue weighted by Crippen LogP contribution is 2.47. The lowest BCUT2D eigenvalue weighted by molar-refractivity contribution is -0.131. The van der Waals surface area contributed by atoms with E-state index in [1.54, 1.807) is 36.5 Å². The molecule has 2 heterocycles. The van der Waals surface area contributed by atoms with Gasteiger partial charge in [0.25, 0.3) is 0 Å². The molecule has 3 aromatic carbocycles. The molecule has 3 N–H and O–H groups in total. The molecule has 1 aliphatic heterocycles. The summed E-state index contributed by atoms with van der Waals surface area (Å²) < 4.78 is 25.2. The topological polar surface area (TPSA) is 102 Å². The molecule has 0 saturated heterocycles. The Morgan fingerprint density at radius 2 is 1.55 bits per heavy atom. The van der Waals surface area contributed by atoms with Crippen LogP contribution in [0.3, 0.4) is 0 Å². The number of hydrogen-bond donors (Lipinski definition) is 3. The van der Waals surface area contributed by atoms with Gasteiger partial charge in [0, 0.05) is 35.7 Å². The van der Waals surface area contributed by atoms with Gasteiger partial charge in [0.15, 0.2) is 5.75 Å². The van der Waals surface area contributed by atoms with E-state index in [0.29, 0.717) is 53.8 Å². The van der Waals surface area contributed by atoms with Crippen molar-refractivity contribution in [2.45, 2.75) is 19.4 Å². The zero-order valence-corrected chi connectivity index (χ0v) is 20.2. The zero-order valence-electron chi connectivity index (χ0n) is 20.2. The normalized spacial score (nSPS) is 14.4. The summed E-state index contributed by atoms with van der Waals surface area (Å²) in [5.74, 6) is 1.07. The Hall–Kier alpha value is -4.92. The van der Waals surface area contributed by atoms with Crippen LogP contribution in [0.1, 0.15) is 18.4 Å². The second kappa shape index (κ2) is 9.51. The van der Waals surface area contributed by atoms with Gasteiger partial charge in [-0.05, 0) is 67.4 Å². The third kappa shape index (κ3) is 4.61. The van der Waals surface area contributed by atoms with Gasteiger partial charge in [0.1, 0.15) is 28.4 Å². The Morgan fingerprint density at radius 1 is 0.895 bits per heavy atom. The van der Waals surface area contributed by atoms with Gasteiger partial charge in [-0.2, -0.15) is 0 Å². The fourth-order valence-corrected chi connectivity index (χ4v) is 4.24. The van der Waals surface area contributed by atoms with E-state index in [2.05, 4.69) is 20.9 Å². The van der Waals surface area contributed by atoms with Crippen molar-refractivity contribution in [1.29, 1.82) is 0 Å². The predicted octanol–water partition coefficient (Wildman–Crippen LogP) is 6.09. The SMILES string of the molecule is O=C(Nc1ccc(F)cc1)C1(C(=O)Nc2ccc(Oc3ccnc4c3NCc3ccccc3O4)cc2)CC1. The van der Waals surface area contributed by atoms with Crippen LogP contribution < -0.4 is 25.4 Å². The summed E-state index contributed by atoms with van der Waals surface area (Å²) in [5, 5.41) is 8.86. The van der Waals surface area contributed by atoms with Crippen LogP contribution in [0.5, 0.6) is 23.1 Å². The van der Waals surface area contributed by atoms with Gasteiger partial charge >= 0.3 is 0 Å². The average Bonchev–Trinajstić information content (AvgIpc) is 3.75. The molecule has 0 radical (unpaired) electrons. The lowest BCUT2D eigenvalue weighted by Gasteiger charge is -2.16. The second-order valence-electron chi connectivity index (χ2n) is 9.18. The van der Waals surface area contributed by atoms with E-state index in [-0.39, 0.29) is 5.91 Å². The van der Waals surface area contributed by atoms with Crippen LogP contribution in [0.15, 0.2) is 85.1 Å². The highest BCUT2D eigenvalue weighted by Gasteiger charge is 2.56. The molecule has 0 atom stereocenters. The highest BCUT2D eigenvalue weighted by molar-refractivity contribution is 6.16. The summed E-state index contributed by atoms with van der Waals surface area (Å²) in [5.41, 5.74) is 1.49. The second-order valence-corrected chi connectivity index (χ2v) is 9.18. The van der Waals surface area contributed by atoms with Crippen LogP contribution in [-0.2, 0) is 16.1 Å². The maximum atomic E-state index is 13.1. The summed E-state index contributed by atoms with van der Waals surface area (Å²) in [7, 11) is 0. The first-order valence-corrected chi connectivity index (χ1v) is 12.2. The molecule has 8 nitrogen and oxygen atoms in total. The molecule has 9 heteroatoms. The first-order valence-electron chi connectivity index (χ1n) is 12.2. The number of hydrogen-bond acceptors (Lipinski definition) is 6. The molecule has 0 unspecified atom stereocenters. The molecular formula is C29H23FN4O4. The molecule has 0 bridgehead atoms. The molecule has 38 heavy (non-hydrogen) atoms. The van der Waals surface area contributed by atoms with Crippen LogP contribution in [0.4, 0.5) is 21.5 Å². The van der Waals surface area contributed by atoms with Crippen LogP contribution in [-0.4, -0.2) is 16.8 Å². The number of para-hydroxylation sites is 1. The largest absolute Gasteiger partial charge is 0.455 e. The number of nitrogens with zero attached hydrogens (tertiary/aromatic N) is 1. The summed E-state index contributed by atoms with van der Waals surface area (Å²) in [6.07, 6.45) is 2.50. The fraction of sp³-hybridized carbons (Fsp3) is 0.138. The number of amides is 2. The molecule has 4 aromatic rings. The number of benzene rings is 3. The fourth-order valence-electron chi connectivity index (χ4n) is 4.24. The van der Waals surface area contributed by atoms with Gasteiger partial charge in [-0.1, -0.05) is 18.2 Å². The smallest absolute Gasteiger partial charge is 0.246 e.